The summed E-state index contributed by atoms with van der Waals surface area (Å²) in [5, 5.41) is 0. The highest BCUT2D eigenvalue weighted by atomic mass is 19.1. The number of halogens is 1. The number of nitrogens with zero attached hydrogens (tertiary/aromatic N) is 2. The van der Waals surface area contributed by atoms with Gasteiger partial charge >= 0.3 is 5.97 Å². The van der Waals surface area contributed by atoms with Crippen molar-refractivity contribution in [2.75, 3.05) is 24.6 Å². The number of aromatic nitrogens is 1. The van der Waals surface area contributed by atoms with Crippen molar-refractivity contribution >= 4 is 11.8 Å². The summed E-state index contributed by atoms with van der Waals surface area (Å²) in [4.78, 5) is 18.2. The zero-order valence-electron chi connectivity index (χ0n) is 12.2. The topological polar surface area (TPSA) is 42.4 Å². The number of rotatable bonds is 4. The summed E-state index contributed by atoms with van der Waals surface area (Å²) in [5.74, 6) is 0.0894. The molecule has 1 unspecified atom stereocenters. The lowest BCUT2D eigenvalue weighted by Crippen LogP contribution is -2.40. The monoisotopic (exact) mass is 280 g/mol. The van der Waals surface area contributed by atoms with Crippen LogP contribution in [0.4, 0.5) is 10.2 Å². The molecule has 4 nitrogen and oxygen atoms in total. The fourth-order valence-electron chi connectivity index (χ4n) is 2.75. The van der Waals surface area contributed by atoms with Crippen LogP contribution in [-0.4, -0.2) is 30.6 Å². The summed E-state index contributed by atoms with van der Waals surface area (Å²) in [6.45, 7) is 7.46. The van der Waals surface area contributed by atoms with Crippen LogP contribution in [0.25, 0.3) is 0 Å². The van der Waals surface area contributed by atoms with Gasteiger partial charge in [0, 0.05) is 13.1 Å². The van der Waals surface area contributed by atoms with E-state index in [1.165, 1.54) is 6.07 Å². The van der Waals surface area contributed by atoms with Crippen molar-refractivity contribution in [2.45, 2.75) is 27.2 Å². The lowest BCUT2D eigenvalue weighted by Gasteiger charge is -2.31. The van der Waals surface area contributed by atoms with E-state index >= 15 is 0 Å². The molecule has 20 heavy (non-hydrogen) atoms. The highest BCUT2D eigenvalue weighted by Gasteiger charge is 2.48. The molecule has 0 aliphatic carbocycles. The number of hydrogen-bond donors (Lipinski definition) is 0. The van der Waals surface area contributed by atoms with Crippen LogP contribution in [0.2, 0.25) is 0 Å². The second-order valence-corrected chi connectivity index (χ2v) is 5.52. The fraction of sp³-hybridized carbons (Fsp3) is 0.600. The van der Waals surface area contributed by atoms with Crippen molar-refractivity contribution < 1.29 is 13.9 Å². The van der Waals surface area contributed by atoms with Crippen molar-refractivity contribution in [3.63, 3.8) is 0 Å². The van der Waals surface area contributed by atoms with Gasteiger partial charge < -0.3 is 9.64 Å². The Morgan fingerprint density at radius 3 is 2.90 bits per heavy atom. The SMILES string of the molecule is CCOC(=O)C1(C(C)C)CCN(c2cccc(F)n2)C1. The molecule has 0 amide bonds. The Morgan fingerprint density at radius 2 is 2.30 bits per heavy atom. The van der Waals surface area contributed by atoms with Gasteiger partial charge in [0.05, 0.1) is 12.0 Å². The van der Waals surface area contributed by atoms with Gasteiger partial charge in [0.25, 0.3) is 0 Å². The van der Waals surface area contributed by atoms with Gasteiger partial charge in [-0.25, -0.2) is 4.98 Å². The minimum atomic E-state index is -0.524. The maximum Gasteiger partial charge on any atom is 0.314 e. The van der Waals surface area contributed by atoms with Crippen LogP contribution in [0.1, 0.15) is 27.2 Å². The number of carbonyl (C=O) groups excluding carboxylic acids is 1. The van der Waals surface area contributed by atoms with E-state index < -0.39 is 11.4 Å². The van der Waals surface area contributed by atoms with E-state index in [9.17, 15) is 9.18 Å². The van der Waals surface area contributed by atoms with Gasteiger partial charge in [-0.2, -0.15) is 4.39 Å². The second kappa shape index (κ2) is 5.77. The normalized spacial score (nSPS) is 22.4. The third kappa shape index (κ3) is 2.62. The summed E-state index contributed by atoms with van der Waals surface area (Å²) in [6, 6.07) is 4.72. The smallest absolute Gasteiger partial charge is 0.314 e. The fourth-order valence-corrected chi connectivity index (χ4v) is 2.75. The molecule has 1 aliphatic heterocycles. The number of carbonyl (C=O) groups is 1. The van der Waals surface area contributed by atoms with Gasteiger partial charge in [-0.1, -0.05) is 19.9 Å². The van der Waals surface area contributed by atoms with E-state index in [0.29, 0.717) is 31.9 Å². The predicted molar refractivity (Wildman–Crippen MR) is 74.9 cm³/mol. The van der Waals surface area contributed by atoms with Crippen LogP contribution >= 0.6 is 0 Å². The lowest BCUT2D eigenvalue weighted by atomic mass is 9.76. The molecule has 1 aliphatic rings. The highest BCUT2D eigenvalue weighted by molar-refractivity contribution is 5.79. The molecule has 1 aromatic heterocycles. The van der Waals surface area contributed by atoms with Crippen LogP contribution in [0, 0.1) is 17.3 Å². The maximum atomic E-state index is 13.2. The van der Waals surface area contributed by atoms with Crippen LogP contribution in [0.5, 0.6) is 0 Å². The van der Waals surface area contributed by atoms with E-state index in [2.05, 4.69) is 4.98 Å². The van der Waals surface area contributed by atoms with E-state index in [1.807, 2.05) is 25.7 Å². The molecular formula is C15H21FN2O2. The van der Waals surface area contributed by atoms with Crippen molar-refractivity contribution in [2.24, 2.45) is 11.3 Å². The van der Waals surface area contributed by atoms with Gasteiger partial charge in [-0.05, 0) is 31.4 Å². The Bertz CT molecular complexity index is 493. The first-order valence-corrected chi connectivity index (χ1v) is 7.04. The molecule has 0 bridgehead atoms. The minimum absolute atomic E-state index is 0.158. The molecule has 0 saturated carbocycles. The first-order valence-electron chi connectivity index (χ1n) is 7.04. The van der Waals surface area contributed by atoms with Gasteiger partial charge in [0.2, 0.25) is 5.95 Å². The molecule has 0 spiro atoms. The summed E-state index contributed by atoms with van der Waals surface area (Å²) in [7, 11) is 0. The third-order valence-electron chi connectivity index (χ3n) is 4.11. The first kappa shape index (κ1) is 14.8. The van der Waals surface area contributed by atoms with Crippen molar-refractivity contribution in [3.8, 4) is 0 Å². The van der Waals surface area contributed by atoms with Crippen LogP contribution in [0.3, 0.4) is 0 Å². The van der Waals surface area contributed by atoms with Gasteiger partial charge in [0.1, 0.15) is 5.82 Å². The molecule has 1 fully saturated rings. The highest BCUT2D eigenvalue weighted by Crippen LogP contribution is 2.40. The maximum absolute atomic E-state index is 13.2. The first-order chi connectivity index (χ1) is 9.49. The summed E-state index contributed by atoms with van der Waals surface area (Å²) >= 11 is 0. The molecule has 1 aromatic rings. The number of ether oxygens (including phenoxy) is 1. The van der Waals surface area contributed by atoms with Crippen LogP contribution in [0.15, 0.2) is 18.2 Å². The third-order valence-corrected chi connectivity index (χ3v) is 4.11. The average Bonchev–Trinajstić information content (AvgIpc) is 2.85. The Labute approximate surface area is 118 Å². The van der Waals surface area contributed by atoms with E-state index in [4.69, 9.17) is 4.74 Å². The summed E-state index contributed by atoms with van der Waals surface area (Å²) < 4.78 is 18.5. The average molecular weight is 280 g/mol. The van der Waals surface area contributed by atoms with Gasteiger partial charge in [0.15, 0.2) is 0 Å². The van der Waals surface area contributed by atoms with Crippen LogP contribution in [-0.2, 0) is 9.53 Å². The number of pyridine rings is 1. The van der Waals surface area contributed by atoms with E-state index in [1.54, 1.807) is 12.1 Å². The van der Waals surface area contributed by atoms with Crippen LogP contribution < -0.4 is 4.90 Å². The molecule has 110 valence electrons. The standard InChI is InChI=1S/C15H21FN2O2/c1-4-20-14(19)15(11(2)3)8-9-18(10-15)13-7-5-6-12(16)17-13/h5-7,11H,4,8-10H2,1-3H3. The lowest BCUT2D eigenvalue weighted by molar-refractivity contribution is -0.156. The molecule has 1 saturated heterocycles. The van der Waals surface area contributed by atoms with Crippen molar-refractivity contribution in [1.29, 1.82) is 0 Å². The molecule has 0 radical (unpaired) electrons. The number of hydrogen-bond acceptors (Lipinski definition) is 4. The largest absolute Gasteiger partial charge is 0.466 e. The number of esters is 1. The Kier molecular flexibility index (Phi) is 4.26. The predicted octanol–water partition coefficient (Wildman–Crippen LogP) is 2.64. The molecule has 2 heterocycles. The van der Waals surface area contributed by atoms with Gasteiger partial charge in [-0.3, -0.25) is 4.79 Å². The second-order valence-electron chi connectivity index (χ2n) is 5.52. The minimum Gasteiger partial charge on any atom is -0.466 e. The number of anilines is 1. The molecule has 2 rings (SSSR count). The molecular weight excluding hydrogens is 259 g/mol. The van der Waals surface area contributed by atoms with Gasteiger partial charge in [-0.15, -0.1) is 0 Å². The van der Waals surface area contributed by atoms with E-state index in [-0.39, 0.29) is 11.9 Å². The molecule has 5 heteroatoms. The molecule has 0 N–H and O–H groups in total. The van der Waals surface area contributed by atoms with Crippen molar-refractivity contribution in [3.05, 3.63) is 24.1 Å². The zero-order chi connectivity index (χ0) is 14.8. The Morgan fingerprint density at radius 1 is 1.55 bits per heavy atom. The summed E-state index contributed by atoms with van der Waals surface area (Å²) in [6.07, 6.45) is 0.710. The van der Waals surface area contributed by atoms with Crippen molar-refractivity contribution in [1.82, 2.24) is 4.98 Å². The zero-order valence-corrected chi connectivity index (χ0v) is 12.2. The van der Waals surface area contributed by atoms with E-state index in [0.717, 1.165) is 0 Å². The summed E-state index contributed by atoms with van der Waals surface area (Å²) in [5.41, 5.74) is -0.524. The molecule has 1 atom stereocenters. The Balaban J connectivity index is 2.21. The quantitative estimate of drug-likeness (QED) is 0.628. The molecule has 0 aromatic carbocycles. The Hall–Kier alpha value is -1.65.